The van der Waals surface area contributed by atoms with Gasteiger partial charge in [0, 0.05) is 44.4 Å². The molecule has 1 aromatic carbocycles. The zero-order chi connectivity index (χ0) is 18.4. The summed E-state index contributed by atoms with van der Waals surface area (Å²) >= 11 is 5.96. The number of nitrogens with zero attached hydrogens (tertiary/aromatic N) is 2. The minimum atomic E-state index is -0.253. The molecule has 1 N–H and O–H groups in total. The van der Waals surface area contributed by atoms with Crippen LogP contribution in [0.2, 0.25) is 5.02 Å². The maximum atomic E-state index is 12.3. The summed E-state index contributed by atoms with van der Waals surface area (Å²) in [5.41, 5.74) is 1.11. The third-order valence-corrected chi connectivity index (χ3v) is 5.12. The van der Waals surface area contributed by atoms with Crippen molar-refractivity contribution in [1.29, 1.82) is 0 Å². The van der Waals surface area contributed by atoms with Crippen molar-refractivity contribution in [2.24, 2.45) is 0 Å². The van der Waals surface area contributed by atoms with E-state index >= 15 is 0 Å². The highest BCUT2D eigenvalue weighted by Crippen LogP contribution is 2.16. The molecule has 142 valence electrons. The molecule has 0 aliphatic carbocycles. The molecule has 0 unspecified atom stereocenters. The fourth-order valence-corrected chi connectivity index (χ4v) is 3.61. The van der Waals surface area contributed by atoms with Gasteiger partial charge in [-0.25, -0.2) is 0 Å². The average Bonchev–Trinajstić information content (AvgIpc) is 3.16. The van der Waals surface area contributed by atoms with Gasteiger partial charge in [0.05, 0.1) is 6.54 Å². The molecule has 2 saturated heterocycles. The number of carbonyl (C=O) groups excluding carboxylic acids is 2. The number of amides is 2. The lowest BCUT2D eigenvalue weighted by Crippen LogP contribution is -2.53. The molecule has 7 heteroatoms. The molecule has 0 radical (unpaired) electrons. The fraction of sp³-hybridized carbons (Fsp3) is 0.579. The van der Waals surface area contributed by atoms with Crippen LogP contribution in [0, 0.1) is 0 Å². The zero-order valence-electron chi connectivity index (χ0n) is 15.0. The first-order chi connectivity index (χ1) is 12.6. The van der Waals surface area contributed by atoms with Gasteiger partial charge in [-0.2, -0.15) is 0 Å². The number of halogens is 1. The molecule has 2 aliphatic rings. The van der Waals surface area contributed by atoms with E-state index in [0.29, 0.717) is 37.8 Å². The van der Waals surface area contributed by atoms with E-state index in [4.69, 9.17) is 16.3 Å². The summed E-state index contributed by atoms with van der Waals surface area (Å²) in [5.74, 6) is 0.124. The van der Waals surface area contributed by atoms with Crippen molar-refractivity contribution in [2.45, 2.75) is 25.4 Å². The van der Waals surface area contributed by atoms with E-state index < -0.39 is 0 Å². The number of benzene rings is 1. The number of hydrogen-bond donors (Lipinski definition) is 1. The normalized spacial score (nSPS) is 21.0. The number of rotatable bonds is 6. The molecule has 26 heavy (non-hydrogen) atoms. The van der Waals surface area contributed by atoms with Crippen molar-refractivity contribution < 1.29 is 14.3 Å². The second-order valence-corrected chi connectivity index (χ2v) is 7.27. The lowest BCUT2D eigenvalue weighted by atomic mass is 10.1. The van der Waals surface area contributed by atoms with Crippen LogP contribution >= 0.6 is 11.6 Å². The monoisotopic (exact) mass is 379 g/mol. The van der Waals surface area contributed by atoms with Crippen molar-refractivity contribution in [3.8, 4) is 0 Å². The minimum absolute atomic E-state index is 0.0194. The highest BCUT2D eigenvalue weighted by molar-refractivity contribution is 6.30. The van der Waals surface area contributed by atoms with Gasteiger partial charge >= 0.3 is 0 Å². The van der Waals surface area contributed by atoms with Crippen LogP contribution in [0.15, 0.2) is 24.3 Å². The predicted molar refractivity (Wildman–Crippen MR) is 100 cm³/mol. The van der Waals surface area contributed by atoms with Crippen LogP contribution in [-0.4, -0.2) is 73.6 Å². The van der Waals surface area contributed by atoms with Crippen LogP contribution in [-0.2, 0) is 20.7 Å². The lowest BCUT2D eigenvalue weighted by Gasteiger charge is -2.35. The van der Waals surface area contributed by atoms with Crippen molar-refractivity contribution in [3.05, 3.63) is 34.9 Å². The number of hydrogen-bond acceptors (Lipinski definition) is 4. The summed E-state index contributed by atoms with van der Waals surface area (Å²) in [6.45, 7) is 4.42. The lowest BCUT2D eigenvalue weighted by molar-refractivity contribution is -0.142. The molecule has 0 saturated carbocycles. The average molecular weight is 380 g/mol. The molecule has 6 nitrogen and oxygen atoms in total. The van der Waals surface area contributed by atoms with Gasteiger partial charge in [0.15, 0.2) is 0 Å². The molecule has 2 aliphatic heterocycles. The molecular weight excluding hydrogens is 354 g/mol. The molecule has 1 atom stereocenters. The molecule has 3 rings (SSSR count). The highest BCUT2D eigenvalue weighted by Gasteiger charge is 2.30. The molecule has 0 spiro atoms. The van der Waals surface area contributed by atoms with Gasteiger partial charge in [0.1, 0.15) is 6.10 Å². The third kappa shape index (κ3) is 5.43. The second-order valence-electron chi connectivity index (χ2n) is 6.83. The SMILES string of the molecule is O=C(CN1CCN(C(=O)[C@@H]2CCCO2)CC1)NCCc1cccc(Cl)c1. The molecule has 2 heterocycles. The topological polar surface area (TPSA) is 61.9 Å². The summed E-state index contributed by atoms with van der Waals surface area (Å²) in [5, 5.41) is 3.66. The first kappa shape index (κ1) is 19.1. The standard InChI is InChI=1S/C19H26ClN3O3/c20-16-4-1-3-15(13-16)6-7-21-18(24)14-22-8-10-23(11-9-22)19(25)17-5-2-12-26-17/h1,3-4,13,17H,2,5-12,14H2,(H,21,24)/t17-/m0/s1. The van der Waals surface area contributed by atoms with Crippen LogP contribution in [0.5, 0.6) is 0 Å². The molecule has 2 fully saturated rings. The molecule has 1 aromatic rings. The van der Waals surface area contributed by atoms with Crippen molar-refractivity contribution in [2.75, 3.05) is 45.9 Å². The third-order valence-electron chi connectivity index (χ3n) is 4.88. The van der Waals surface area contributed by atoms with Gasteiger partial charge in [-0.15, -0.1) is 0 Å². The number of nitrogens with one attached hydrogen (secondary N) is 1. The Kier molecular flexibility index (Phi) is 6.88. The number of carbonyl (C=O) groups is 2. The Labute approximate surface area is 159 Å². The number of piperazine rings is 1. The van der Waals surface area contributed by atoms with E-state index in [1.165, 1.54) is 0 Å². The van der Waals surface area contributed by atoms with Crippen LogP contribution in [0.25, 0.3) is 0 Å². The molecule has 0 aromatic heterocycles. The highest BCUT2D eigenvalue weighted by atomic mass is 35.5. The van der Waals surface area contributed by atoms with Crippen molar-refractivity contribution in [1.82, 2.24) is 15.1 Å². The van der Waals surface area contributed by atoms with E-state index in [-0.39, 0.29) is 17.9 Å². The summed E-state index contributed by atoms with van der Waals surface area (Å²) < 4.78 is 5.47. The minimum Gasteiger partial charge on any atom is -0.368 e. The first-order valence-corrected chi connectivity index (χ1v) is 9.63. The van der Waals surface area contributed by atoms with Crippen LogP contribution in [0.3, 0.4) is 0 Å². The van der Waals surface area contributed by atoms with E-state index in [2.05, 4.69) is 10.2 Å². The Balaban J connectivity index is 1.33. The van der Waals surface area contributed by atoms with Gasteiger partial charge in [0.25, 0.3) is 5.91 Å². The smallest absolute Gasteiger partial charge is 0.251 e. The predicted octanol–water partition coefficient (Wildman–Crippen LogP) is 1.32. The Bertz CT molecular complexity index is 626. The van der Waals surface area contributed by atoms with Crippen molar-refractivity contribution >= 4 is 23.4 Å². The Morgan fingerprint density at radius 3 is 2.73 bits per heavy atom. The molecular formula is C19H26ClN3O3. The van der Waals surface area contributed by atoms with Gasteiger partial charge < -0.3 is 15.0 Å². The fourth-order valence-electron chi connectivity index (χ4n) is 3.40. The van der Waals surface area contributed by atoms with Crippen LogP contribution < -0.4 is 5.32 Å². The van der Waals surface area contributed by atoms with Gasteiger partial charge in [-0.1, -0.05) is 23.7 Å². The maximum absolute atomic E-state index is 12.3. The summed E-state index contributed by atoms with van der Waals surface area (Å²) in [6, 6.07) is 7.67. The van der Waals surface area contributed by atoms with E-state index in [0.717, 1.165) is 37.9 Å². The number of ether oxygens (including phenoxy) is 1. The first-order valence-electron chi connectivity index (χ1n) is 9.26. The molecule has 2 amide bonds. The van der Waals surface area contributed by atoms with E-state index in [9.17, 15) is 9.59 Å². The summed E-state index contributed by atoms with van der Waals surface area (Å²) in [7, 11) is 0. The largest absolute Gasteiger partial charge is 0.368 e. The maximum Gasteiger partial charge on any atom is 0.251 e. The summed E-state index contributed by atoms with van der Waals surface area (Å²) in [6.07, 6.45) is 2.30. The molecule has 0 bridgehead atoms. The quantitative estimate of drug-likeness (QED) is 0.809. The van der Waals surface area contributed by atoms with Crippen LogP contribution in [0.1, 0.15) is 18.4 Å². The van der Waals surface area contributed by atoms with Crippen molar-refractivity contribution in [3.63, 3.8) is 0 Å². The second kappa shape index (κ2) is 9.35. The van der Waals surface area contributed by atoms with E-state index in [1.807, 2.05) is 29.2 Å². The Morgan fingerprint density at radius 2 is 2.04 bits per heavy atom. The van der Waals surface area contributed by atoms with Gasteiger partial charge in [-0.05, 0) is 37.0 Å². The Hall–Kier alpha value is -1.63. The van der Waals surface area contributed by atoms with Gasteiger partial charge in [0.2, 0.25) is 5.91 Å². The zero-order valence-corrected chi connectivity index (χ0v) is 15.7. The van der Waals surface area contributed by atoms with Gasteiger partial charge in [-0.3, -0.25) is 14.5 Å². The Morgan fingerprint density at radius 1 is 1.23 bits per heavy atom. The van der Waals surface area contributed by atoms with Crippen LogP contribution in [0.4, 0.5) is 0 Å². The summed E-state index contributed by atoms with van der Waals surface area (Å²) in [4.78, 5) is 28.4. The van der Waals surface area contributed by atoms with E-state index in [1.54, 1.807) is 0 Å².